The molecule has 1 aromatic carbocycles. The Morgan fingerprint density at radius 3 is 2.29 bits per heavy atom. The standard InChI is InChI=1S/C19H15N5/c1-14-11-22-18(23-12-14)15-4-6-17(7-5-15)24-10-9-21-19(24)16-3-2-8-20-13-16/h2-13H,1H3. The molecule has 4 rings (SSSR count). The van der Waals surface area contributed by atoms with Crippen LogP contribution in [-0.2, 0) is 0 Å². The molecule has 3 heterocycles. The Hall–Kier alpha value is -3.34. The molecule has 0 amide bonds. The summed E-state index contributed by atoms with van der Waals surface area (Å²) < 4.78 is 2.04. The lowest BCUT2D eigenvalue weighted by atomic mass is 10.2. The first-order chi connectivity index (χ1) is 11.8. The van der Waals surface area contributed by atoms with Crippen LogP contribution in [-0.4, -0.2) is 24.5 Å². The van der Waals surface area contributed by atoms with E-state index >= 15 is 0 Å². The summed E-state index contributed by atoms with van der Waals surface area (Å²) in [6.07, 6.45) is 11.0. The highest BCUT2D eigenvalue weighted by Crippen LogP contribution is 2.22. The Morgan fingerprint density at radius 1 is 0.792 bits per heavy atom. The first-order valence-corrected chi connectivity index (χ1v) is 7.64. The second-order valence-corrected chi connectivity index (χ2v) is 5.49. The molecular weight excluding hydrogens is 298 g/mol. The van der Waals surface area contributed by atoms with Gasteiger partial charge in [-0.2, -0.15) is 0 Å². The van der Waals surface area contributed by atoms with Gasteiger partial charge in [0.25, 0.3) is 0 Å². The molecule has 3 aromatic heterocycles. The Kier molecular flexibility index (Phi) is 3.59. The van der Waals surface area contributed by atoms with Crippen molar-refractivity contribution in [2.75, 3.05) is 0 Å². The zero-order valence-electron chi connectivity index (χ0n) is 13.2. The maximum absolute atomic E-state index is 4.45. The highest BCUT2D eigenvalue weighted by molar-refractivity contribution is 5.60. The normalized spacial score (nSPS) is 10.7. The largest absolute Gasteiger partial charge is 0.300 e. The van der Waals surface area contributed by atoms with Crippen molar-refractivity contribution in [2.24, 2.45) is 0 Å². The predicted octanol–water partition coefficient (Wildman–Crippen LogP) is 3.70. The molecule has 0 fully saturated rings. The summed E-state index contributed by atoms with van der Waals surface area (Å²) in [6.45, 7) is 1.98. The van der Waals surface area contributed by atoms with Crippen molar-refractivity contribution in [3.63, 3.8) is 0 Å². The lowest BCUT2D eigenvalue weighted by Gasteiger charge is -2.08. The minimum Gasteiger partial charge on any atom is -0.300 e. The summed E-state index contributed by atoms with van der Waals surface area (Å²) in [5, 5.41) is 0. The summed E-state index contributed by atoms with van der Waals surface area (Å²) in [5.41, 5.74) is 4.05. The van der Waals surface area contributed by atoms with Crippen molar-refractivity contribution in [1.29, 1.82) is 0 Å². The molecule has 0 spiro atoms. The van der Waals surface area contributed by atoms with Crippen molar-refractivity contribution in [1.82, 2.24) is 24.5 Å². The van der Waals surface area contributed by atoms with E-state index in [-0.39, 0.29) is 0 Å². The molecule has 0 radical (unpaired) electrons. The van der Waals surface area contributed by atoms with Crippen LogP contribution in [0.15, 0.2) is 73.6 Å². The average Bonchev–Trinajstić information content (AvgIpc) is 3.13. The van der Waals surface area contributed by atoms with Crippen LogP contribution < -0.4 is 0 Å². The van der Waals surface area contributed by atoms with Crippen LogP contribution >= 0.6 is 0 Å². The fourth-order valence-electron chi connectivity index (χ4n) is 2.53. The zero-order valence-corrected chi connectivity index (χ0v) is 13.2. The van der Waals surface area contributed by atoms with E-state index in [1.54, 1.807) is 12.4 Å². The molecule has 0 saturated carbocycles. The lowest BCUT2D eigenvalue weighted by molar-refractivity contribution is 1.06. The third-order valence-corrected chi connectivity index (χ3v) is 3.75. The molecular formula is C19H15N5. The van der Waals surface area contributed by atoms with Gasteiger partial charge in [0.1, 0.15) is 5.82 Å². The molecule has 0 aliphatic rings. The highest BCUT2D eigenvalue weighted by Gasteiger charge is 2.08. The second kappa shape index (κ2) is 6.04. The zero-order chi connectivity index (χ0) is 16.4. The third-order valence-electron chi connectivity index (χ3n) is 3.75. The van der Waals surface area contributed by atoms with E-state index in [1.165, 1.54) is 0 Å². The minimum absolute atomic E-state index is 0.727. The maximum Gasteiger partial charge on any atom is 0.159 e. The van der Waals surface area contributed by atoms with E-state index in [1.807, 2.05) is 72.7 Å². The third kappa shape index (κ3) is 2.67. The number of benzene rings is 1. The van der Waals surface area contributed by atoms with E-state index in [2.05, 4.69) is 19.9 Å². The molecule has 0 saturated heterocycles. The van der Waals surface area contributed by atoms with Gasteiger partial charge in [-0.25, -0.2) is 15.0 Å². The van der Waals surface area contributed by atoms with Gasteiger partial charge in [0.15, 0.2) is 5.82 Å². The van der Waals surface area contributed by atoms with E-state index in [4.69, 9.17) is 0 Å². The Labute approximate surface area is 139 Å². The van der Waals surface area contributed by atoms with E-state index in [0.29, 0.717) is 0 Å². The molecule has 5 nitrogen and oxygen atoms in total. The van der Waals surface area contributed by atoms with Crippen LogP contribution in [0.3, 0.4) is 0 Å². The maximum atomic E-state index is 4.45. The smallest absolute Gasteiger partial charge is 0.159 e. The molecule has 0 N–H and O–H groups in total. The number of imidazole rings is 1. The first-order valence-electron chi connectivity index (χ1n) is 7.64. The number of pyridine rings is 1. The molecule has 0 bridgehead atoms. The van der Waals surface area contributed by atoms with Gasteiger partial charge in [-0.05, 0) is 48.9 Å². The Bertz CT molecular complexity index is 941. The van der Waals surface area contributed by atoms with Gasteiger partial charge in [0, 0.05) is 54.0 Å². The van der Waals surface area contributed by atoms with E-state index < -0.39 is 0 Å². The Morgan fingerprint density at radius 2 is 1.58 bits per heavy atom. The van der Waals surface area contributed by atoms with Crippen molar-refractivity contribution in [2.45, 2.75) is 6.92 Å². The average molecular weight is 313 g/mol. The number of rotatable bonds is 3. The molecule has 4 aromatic rings. The topological polar surface area (TPSA) is 56.5 Å². The van der Waals surface area contributed by atoms with Crippen molar-refractivity contribution in [3.8, 4) is 28.5 Å². The molecule has 0 aliphatic heterocycles. The number of hydrogen-bond donors (Lipinski definition) is 0. The van der Waals surface area contributed by atoms with E-state index in [0.717, 1.165) is 34.0 Å². The summed E-state index contributed by atoms with van der Waals surface area (Å²) in [7, 11) is 0. The number of aryl methyl sites for hydroxylation is 1. The SMILES string of the molecule is Cc1cnc(-c2ccc(-n3ccnc3-c3cccnc3)cc2)nc1. The minimum atomic E-state index is 0.727. The van der Waals surface area contributed by atoms with Gasteiger partial charge in [-0.1, -0.05) is 0 Å². The molecule has 0 unspecified atom stereocenters. The van der Waals surface area contributed by atoms with Crippen LogP contribution in [0.2, 0.25) is 0 Å². The summed E-state index contributed by atoms with van der Waals surface area (Å²) >= 11 is 0. The van der Waals surface area contributed by atoms with Crippen LogP contribution in [0.4, 0.5) is 0 Å². The van der Waals surface area contributed by atoms with Crippen molar-refractivity contribution < 1.29 is 0 Å². The quantitative estimate of drug-likeness (QED) is 0.578. The van der Waals surface area contributed by atoms with Crippen molar-refractivity contribution >= 4 is 0 Å². The van der Waals surface area contributed by atoms with Crippen LogP contribution in [0.5, 0.6) is 0 Å². The second-order valence-electron chi connectivity index (χ2n) is 5.49. The predicted molar refractivity (Wildman–Crippen MR) is 92.6 cm³/mol. The monoisotopic (exact) mass is 313 g/mol. The summed E-state index contributed by atoms with van der Waals surface area (Å²) in [5.74, 6) is 1.59. The van der Waals surface area contributed by atoms with Gasteiger partial charge >= 0.3 is 0 Å². The van der Waals surface area contributed by atoms with Crippen LogP contribution in [0, 0.1) is 6.92 Å². The fourth-order valence-corrected chi connectivity index (χ4v) is 2.53. The van der Waals surface area contributed by atoms with Gasteiger partial charge in [0.2, 0.25) is 0 Å². The molecule has 24 heavy (non-hydrogen) atoms. The molecule has 5 heteroatoms. The Balaban J connectivity index is 1.69. The molecule has 0 atom stereocenters. The summed E-state index contributed by atoms with van der Waals surface area (Å²) in [4.78, 5) is 17.4. The van der Waals surface area contributed by atoms with Gasteiger partial charge in [0.05, 0.1) is 0 Å². The number of hydrogen-bond acceptors (Lipinski definition) is 4. The van der Waals surface area contributed by atoms with Crippen LogP contribution in [0.25, 0.3) is 28.5 Å². The van der Waals surface area contributed by atoms with Crippen molar-refractivity contribution in [3.05, 3.63) is 79.1 Å². The molecule has 116 valence electrons. The number of nitrogens with zero attached hydrogens (tertiary/aromatic N) is 5. The first kappa shape index (κ1) is 14.3. The number of aromatic nitrogens is 5. The lowest BCUT2D eigenvalue weighted by Crippen LogP contribution is -1.97. The highest BCUT2D eigenvalue weighted by atomic mass is 15.1. The van der Waals surface area contributed by atoms with Gasteiger partial charge in [-0.15, -0.1) is 0 Å². The fraction of sp³-hybridized carbons (Fsp3) is 0.0526. The van der Waals surface area contributed by atoms with Crippen LogP contribution in [0.1, 0.15) is 5.56 Å². The molecule has 0 aliphatic carbocycles. The van der Waals surface area contributed by atoms with Gasteiger partial charge in [-0.3, -0.25) is 9.55 Å². The summed E-state index contributed by atoms with van der Waals surface area (Å²) in [6, 6.07) is 12.0. The van der Waals surface area contributed by atoms with E-state index in [9.17, 15) is 0 Å². The van der Waals surface area contributed by atoms with Gasteiger partial charge < -0.3 is 0 Å².